The molecule has 1 heterocycles. The maximum atomic E-state index is 12.3. The van der Waals surface area contributed by atoms with Crippen molar-refractivity contribution in [3.05, 3.63) is 76.8 Å². The Labute approximate surface area is 138 Å². The molecule has 1 amide bonds. The Morgan fingerprint density at radius 2 is 1.88 bits per heavy atom. The Morgan fingerprint density at radius 1 is 1.08 bits per heavy atom. The number of carbonyl (C=O) groups is 1. The van der Waals surface area contributed by atoms with Gasteiger partial charge in [-0.2, -0.15) is 4.98 Å². The van der Waals surface area contributed by atoms with Crippen LogP contribution in [0, 0.1) is 0 Å². The third-order valence-corrected chi connectivity index (χ3v) is 3.39. The molecule has 0 saturated heterocycles. The Hall–Kier alpha value is -3.41. The van der Waals surface area contributed by atoms with Crippen LogP contribution in [0.3, 0.4) is 0 Å². The molecule has 0 aliphatic heterocycles. The van der Waals surface area contributed by atoms with Crippen molar-refractivity contribution < 1.29 is 9.53 Å². The molecule has 2 aromatic carbocycles. The molecule has 0 spiro atoms. The monoisotopic (exact) mass is 321 g/mol. The number of ether oxygens (including phenoxy) is 1. The van der Waals surface area contributed by atoms with Gasteiger partial charge in [0, 0.05) is 11.3 Å². The predicted molar refractivity (Wildman–Crippen MR) is 91.2 cm³/mol. The van der Waals surface area contributed by atoms with Crippen LogP contribution >= 0.6 is 0 Å². The second-order valence-corrected chi connectivity index (χ2v) is 5.04. The van der Waals surface area contributed by atoms with E-state index < -0.39 is 11.6 Å². The Bertz CT molecular complexity index is 920. The summed E-state index contributed by atoms with van der Waals surface area (Å²) in [5.74, 6) is 0.231. The van der Waals surface area contributed by atoms with Gasteiger partial charge in [-0.1, -0.05) is 30.3 Å². The zero-order valence-corrected chi connectivity index (χ0v) is 12.9. The van der Waals surface area contributed by atoms with Crippen molar-refractivity contribution in [2.75, 3.05) is 12.4 Å². The molecule has 0 atom stereocenters. The number of carbonyl (C=O) groups excluding carboxylic acids is 1. The van der Waals surface area contributed by atoms with Gasteiger partial charge in [-0.15, -0.1) is 0 Å². The van der Waals surface area contributed by atoms with E-state index in [9.17, 15) is 9.59 Å². The molecule has 3 aromatic rings. The van der Waals surface area contributed by atoms with E-state index in [0.717, 1.165) is 0 Å². The molecule has 6 heteroatoms. The standard InChI is InChI=1S/C18H15N3O3/c1-24-14-9-5-6-12(10-14)15-11-16(21-18(23)20-15)17(22)19-13-7-3-2-4-8-13/h2-11H,1H3,(H,19,22)(H,20,21,23). The summed E-state index contributed by atoms with van der Waals surface area (Å²) in [4.78, 5) is 30.5. The van der Waals surface area contributed by atoms with Crippen LogP contribution in [0.2, 0.25) is 0 Å². The fourth-order valence-electron chi connectivity index (χ4n) is 2.23. The average molecular weight is 321 g/mol. The maximum Gasteiger partial charge on any atom is 0.346 e. The number of hydrogen-bond donors (Lipinski definition) is 2. The van der Waals surface area contributed by atoms with Gasteiger partial charge < -0.3 is 15.0 Å². The van der Waals surface area contributed by atoms with Crippen LogP contribution in [0.4, 0.5) is 5.69 Å². The highest BCUT2D eigenvalue weighted by Crippen LogP contribution is 2.21. The first kappa shape index (κ1) is 15.5. The number of rotatable bonds is 4. The topological polar surface area (TPSA) is 84.1 Å². The summed E-state index contributed by atoms with van der Waals surface area (Å²) in [5, 5.41) is 2.73. The number of anilines is 1. The lowest BCUT2D eigenvalue weighted by atomic mass is 10.1. The average Bonchev–Trinajstić information content (AvgIpc) is 2.62. The first-order chi connectivity index (χ1) is 11.7. The lowest BCUT2D eigenvalue weighted by molar-refractivity contribution is 0.102. The number of hydrogen-bond acceptors (Lipinski definition) is 4. The van der Waals surface area contributed by atoms with E-state index in [4.69, 9.17) is 4.74 Å². The minimum atomic E-state index is -0.589. The molecule has 0 aliphatic carbocycles. The van der Waals surface area contributed by atoms with Crippen molar-refractivity contribution in [3.63, 3.8) is 0 Å². The van der Waals surface area contributed by atoms with Gasteiger partial charge in [0.2, 0.25) is 0 Å². The molecular formula is C18H15N3O3. The van der Waals surface area contributed by atoms with Gasteiger partial charge in [-0.05, 0) is 30.3 Å². The van der Waals surface area contributed by atoms with Crippen LogP contribution in [0.1, 0.15) is 10.5 Å². The van der Waals surface area contributed by atoms with E-state index in [1.807, 2.05) is 18.2 Å². The summed E-state index contributed by atoms with van der Waals surface area (Å²) in [6.45, 7) is 0. The van der Waals surface area contributed by atoms with E-state index >= 15 is 0 Å². The first-order valence-corrected chi connectivity index (χ1v) is 7.28. The number of benzene rings is 2. The lowest BCUT2D eigenvalue weighted by Crippen LogP contribution is -2.21. The van der Waals surface area contributed by atoms with Gasteiger partial charge in [0.25, 0.3) is 5.91 Å². The molecule has 0 unspecified atom stereocenters. The Balaban J connectivity index is 1.94. The minimum absolute atomic E-state index is 0.136. The summed E-state index contributed by atoms with van der Waals surface area (Å²) in [6.07, 6.45) is 0. The molecule has 0 bridgehead atoms. The van der Waals surface area contributed by atoms with Crippen molar-refractivity contribution in [3.8, 4) is 17.0 Å². The quantitative estimate of drug-likeness (QED) is 0.774. The zero-order chi connectivity index (χ0) is 16.9. The summed E-state index contributed by atoms with van der Waals surface area (Å²) in [7, 11) is 1.56. The number of nitrogens with one attached hydrogen (secondary N) is 2. The van der Waals surface area contributed by atoms with Crippen molar-refractivity contribution in [2.45, 2.75) is 0 Å². The third-order valence-electron chi connectivity index (χ3n) is 3.39. The molecule has 6 nitrogen and oxygen atoms in total. The molecule has 0 radical (unpaired) electrons. The van der Waals surface area contributed by atoms with Crippen molar-refractivity contribution >= 4 is 11.6 Å². The fraction of sp³-hybridized carbons (Fsp3) is 0.0556. The predicted octanol–water partition coefficient (Wildman–Crippen LogP) is 2.70. The third kappa shape index (κ3) is 3.49. The van der Waals surface area contributed by atoms with Gasteiger partial charge in [0.15, 0.2) is 0 Å². The summed E-state index contributed by atoms with van der Waals surface area (Å²) in [6, 6.07) is 17.7. The normalized spacial score (nSPS) is 10.2. The number of amides is 1. The van der Waals surface area contributed by atoms with Crippen LogP contribution in [-0.2, 0) is 0 Å². The fourth-order valence-corrected chi connectivity index (χ4v) is 2.23. The van der Waals surface area contributed by atoms with Gasteiger partial charge in [0.05, 0.1) is 12.8 Å². The molecule has 120 valence electrons. The first-order valence-electron chi connectivity index (χ1n) is 7.28. The summed E-state index contributed by atoms with van der Waals surface area (Å²) < 4.78 is 5.17. The van der Waals surface area contributed by atoms with Crippen LogP contribution < -0.4 is 15.7 Å². The number of aromatic nitrogens is 2. The molecule has 3 rings (SSSR count). The van der Waals surface area contributed by atoms with E-state index in [1.165, 1.54) is 6.07 Å². The van der Waals surface area contributed by atoms with E-state index in [-0.39, 0.29) is 5.69 Å². The summed E-state index contributed by atoms with van der Waals surface area (Å²) in [5.41, 5.74) is 1.28. The number of H-pyrrole nitrogens is 1. The van der Waals surface area contributed by atoms with Crippen LogP contribution in [0.25, 0.3) is 11.3 Å². The minimum Gasteiger partial charge on any atom is -0.497 e. The highest BCUT2D eigenvalue weighted by molar-refractivity contribution is 6.03. The molecule has 0 saturated carbocycles. The van der Waals surface area contributed by atoms with Gasteiger partial charge in [0.1, 0.15) is 11.4 Å². The highest BCUT2D eigenvalue weighted by Gasteiger charge is 2.11. The smallest absolute Gasteiger partial charge is 0.346 e. The van der Waals surface area contributed by atoms with Gasteiger partial charge in [-0.25, -0.2) is 4.79 Å². The molecule has 24 heavy (non-hydrogen) atoms. The molecule has 2 N–H and O–H groups in total. The number of nitrogens with zero attached hydrogens (tertiary/aromatic N) is 1. The van der Waals surface area contributed by atoms with Gasteiger partial charge >= 0.3 is 5.69 Å². The Morgan fingerprint density at radius 3 is 2.62 bits per heavy atom. The second-order valence-electron chi connectivity index (χ2n) is 5.04. The van der Waals surface area contributed by atoms with Crippen molar-refractivity contribution in [1.29, 1.82) is 0 Å². The molecule has 0 aliphatic rings. The summed E-state index contributed by atoms with van der Waals surface area (Å²) >= 11 is 0. The van der Waals surface area contributed by atoms with Crippen molar-refractivity contribution in [2.24, 2.45) is 0 Å². The van der Waals surface area contributed by atoms with E-state index in [2.05, 4.69) is 15.3 Å². The highest BCUT2D eigenvalue weighted by atomic mass is 16.5. The van der Waals surface area contributed by atoms with E-state index in [0.29, 0.717) is 22.7 Å². The Kier molecular flexibility index (Phi) is 4.38. The van der Waals surface area contributed by atoms with Crippen molar-refractivity contribution in [1.82, 2.24) is 9.97 Å². The number of para-hydroxylation sites is 1. The van der Waals surface area contributed by atoms with Crippen LogP contribution in [0.5, 0.6) is 5.75 Å². The largest absolute Gasteiger partial charge is 0.497 e. The number of aromatic amines is 1. The zero-order valence-electron chi connectivity index (χ0n) is 12.9. The second kappa shape index (κ2) is 6.78. The molecule has 0 fully saturated rings. The number of methoxy groups -OCH3 is 1. The molecule has 1 aromatic heterocycles. The lowest BCUT2D eigenvalue weighted by Gasteiger charge is -2.07. The van der Waals surface area contributed by atoms with E-state index in [1.54, 1.807) is 43.5 Å². The maximum absolute atomic E-state index is 12.3. The SMILES string of the molecule is COc1cccc(-c2cc(C(=O)Nc3ccccc3)[nH]c(=O)n2)c1. The molecular weight excluding hydrogens is 306 g/mol. The van der Waals surface area contributed by atoms with Crippen LogP contribution in [-0.4, -0.2) is 23.0 Å². The van der Waals surface area contributed by atoms with Gasteiger partial charge in [-0.3, -0.25) is 4.79 Å². The van der Waals surface area contributed by atoms with Crippen LogP contribution in [0.15, 0.2) is 65.5 Å².